The standard InChI is InChI=1S/C16H18BFO3/c1-15(2)16(3,4)21-17(20-15)12-9-11(19)8-10-6-5-7-13(18)14(10)12/h5-9,19H,1-4H3. The van der Waals surface area contributed by atoms with E-state index in [9.17, 15) is 9.50 Å². The average molecular weight is 288 g/mol. The van der Waals surface area contributed by atoms with Gasteiger partial charge in [-0.2, -0.15) is 0 Å². The molecule has 2 aromatic carbocycles. The molecule has 0 atom stereocenters. The van der Waals surface area contributed by atoms with Crippen LogP contribution in [0.25, 0.3) is 10.8 Å². The SMILES string of the molecule is CC1(C)OB(c2cc(O)cc3cccc(F)c23)OC1(C)C. The largest absolute Gasteiger partial charge is 0.508 e. The fourth-order valence-corrected chi connectivity index (χ4v) is 2.55. The topological polar surface area (TPSA) is 38.7 Å². The Morgan fingerprint density at radius 2 is 1.67 bits per heavy atom. The molecule has 3 nitrogen and oxygen atoms in total. The summed E-state index contributed by atoms with van der Waals surface area (Å²) in [6.07, 6.45) is 0. The number of hydrogen-bond donors (Lipinski definition) is 1. The van der Waals surface area contributed by atoms with E-state index in [1.165, 1.54) is 18.2 Å². The van der Waals surface area contributed by atoms with Crippen LogP contribution in [0, 0.1) is 5.82 Å². The van der Waals surface area contributed by atoms with Crippen molar-refractivity contribution in [3.8, 4) is 5.75 Å². The molecule has 0 saturated carbocycles. The first-order valence-electron chi connectivity index (χ1n) is 6.98. The van der Waals surface area contributed by atoms with Gasteiger partial charge in [-0.05, 0) is 56.7 Å². The van der Waals surface area contributed by atoms with Crippen molar-refractivity contribution in [2.24, 2.45) is 0 Å². The molecule has 110 valence electrons. The van der Waals surface area contributed by atoms with Gasteiger partial charge in [0.15, 0.2) is 0 Å². The summed E-state index contributed by atoms with van der Waals surface area (Å²) in [4.78, 5) is 0. The van der Waals surface area contributed by atoms with Gasteiger partial charge in [-0.3, -0.25) is 0 Å². The number of halogens is 1. The Morgan fingerprint density at radius 3 is 2.29 bits per heavy atom. The summed E-state index contributed by atoms with van der Waals surface area (Å²) in [5, 5.41) is 10.9. The number of rotatable bonds is 1. The Bertz CT molecular complexity index is 696. The average Bonchev–Trinajstić information content (AvgIpc) is 2.57. The first kappa shape index (κ1) is 14.4. The van der Waals surface area contributed by atoms with Crippen LogP contribution in [0.15, 0.2) is 30.3 Å². The third-order valence-electron chi connectivity index (χ3n) is 4.45. The smallest absolute Gasteiger partial charge is 0.495 e. The Morgan fingerprint density at radius 1 is 1.05 bits per heavy atom. The van der Waals surface area contributed by atoms with Gasteiger partial charge in [-0.1, -0.05) is 12.1 Å². The molecule has 0 aromatic heterocycles. The lowest BCUT2D eigenvalue weighted by molar-refractivity contribution is 0.00578. The van der Waals surface area contributed by atoms with Crippen molar-refractivity contribution in [2.45, 2.75) is 38.9 Å². The fraction of sp³-hybridized carbons (Fsp3) is 0.375. The van der Waals surface area contributed by atoms with Crippen molar-refractivity contribution < 1.29 is 18.8 Å². The molecule has 1 N–H and O–H groups in total. The summed E-state index contributed by atoms with van der Waals surface area (Å²) in [6.45, 7) is 7.76. The van der Waals surface area contributed by atoms with Gasteiger partial charge >= 0.3 is 7.12 Å². The van der Waals surface area contributed by atoms with E-state index >= 15 is 0 Å². The highest BCUT2D eigenvalue weighted by molar-refractivity contribution is 6.65. The lowest BCUT2D eigenvalue weighted by Crippen LogP contribution is -2.41. The summed E-state index contributed by atoms with van der Waals surface area (Å²) in [6, 6.07) is 7.81. The molecule has 21 heavy (non-hydrogen) atoms. The molecule has 1 heterocycles. The van der Waals surface area contributed by atoms with Crippen LogP contribution in [0.4, 0.5) is 4.39 Å². The summed E-state index contributed by atoms with van der Waals surface area (Å²) in [5.41, 5.74) is -0.511. The number of aromatic hydroxyl groups is 1. The Hall–Kier alpha value is -1.59. The molecule has 0 radical (unpaired) electrons. The van der Waals surface area contributed by atoms with Crippen molar-refractivity contribution >= 4 is 23.4 Å². The summed E-state index contributed by atoms with van der Waals surface area (Å²) >= 11 is 0. The third kappa shape index (κ3) is 2.21. The zero-order chi connectivity index (χ0) is 15.4. The molecule has 1 fully saturated rings. The zero-order valence-electron chi connectivity index (χ0n) is 12.6. The minimum absolute atomic E-state index is 0.0674. The number of phenols is 1. The van der Waals surface area contributed by atoms with E-state index in [4.69, 9.17) is 9.31 Å². The highest BCUT2D eigenvalue weighted by Gasteiger charge is 2.52. The molecule has 2 aromatic rings. The van der Waals surface area contributed by atoms with Crippen LogP contribution >= 0.6 is 0 Å². The zero-order valence-corrected chi connectivity index (χ0v) is 12.6. The predicted molar refractivity (Wildman–Crippen MR) is 81.3 cm³/mol. The maximum absolute atomic E-state index is 14.2. The minimum Gasteiger partial charge on any atom is -0.508 e. The molecule has 1 saturated heterocycles. The highest BCUT2D eigenvalue weighted by Crippen LogP contribution is 2.37. The number of benzene rings is 2. The molecule has 0 aliphatic carbocycles. The Kier molecular flexibility index (Phi) is 3.04. The Labute approximate surface area is 123 Å². The van der Waals surface area contributed by atoms with E-state index in [0.717, 1.165) is 0 Å². The van der Waals surface area contributed by atoms with Gasteiger partial charge in [-0.25, -0.2) is 4.39 Å². The molecule has 3 rings (SSSR count). The second-order valence-electron chi connectivity index (χ2n) is 6.46. The molecule has 0 spiro atoms. The monoisotopic (exact) mass is 288 g/mol. The van der Waals surface area contributed by atoms with Gasteiger partial charge in [0.1, 0.15) is 11.6 Å². The number of hydrogen-bond acceptors (Lipinski definition) is 3. The van der Waals surface area contributed by atoms with Crippen LogP contribution < -0.4 is 5.46 Å². The van der Waals surface area contributed by atoms with E-state index < -0.39 is 18.3 Å². The van der Waals surface area contributed by atoms with Crippen molar-refractivity contribution in [1.82, 2.24) is 0 Å². The summed E-state index contributed by atoms with van der Waals surface area (Å²) in [7, 11) is -0.707. The maximum atomic E-state index is 14.2. The lowest BCUT2D eigenvalue weighted by atomic mass is 9.76. The third-order valence-corrected chi connectivity index (χ3v) is 4.45. The van der Waals surface area contributed by atoms with E-state index in [0.29, 0.717) is 16.2 Å². The van der Waals surface area contributed by atoms with Crippen molar-refractivity contribution in [2.75, 3.05) is 0 Å². The minimum atomic E-state index is -0.707. The van der Waals surface area contributed by atoms with Crippen LogP contribution in [0.2, 0.25) is 0 Å². The molecule has 1 aliphatic heterocycles. The molecule has 1 aliphatic rings. The van der Waals surface area contributed by atoms with Crippen LogP contribution in [0.5, 0.6) is 5.75 Å². The van der Waals surface area contributed by atoms with Gasteiger partial charge in [0.25, 0.3) is 0 Å². The molecule has 0 bridgehead atoms. The van der Waals surface area contributed by atoms with E-state index in [1.807, 2.05) is 27.7 Å². The van der Waals surface area contributed by atoms with Crippen molar-refractivity contribution in [1.29, 1.82) is 0 Å². The maximum Gasteiger partial charge on any atom is 0.495 e. The molecule has 5 heteroatoms. The van der Waals surface area contributed by atoms with E-state index in [-0.39, 0.29) is 11.6 Å². The first-order chi connectivity index (χ1) is 9.71. The molecule has 0 unspecified atom stereocenters. The number of fused-ring (bicyclic) bond motifs is 1. The Balaban J connectivity index is 2.18. The van der Waals surface area contributed by atoms with Gasteiger partial charge < -0.3 is 14.4 Å². The summed E-state index contributed by atoms with van der Waals surface area (Å²) < 4.78 is 26.2. The second-order valence-corrected chi connectivity index (χ2v) is 6.46. The van der Waals surface area contributed by atoms with Crippen LogP contribution in [0.3, 0.4) is 0 Å². The number of phenolic OH excluding ortho intramolecular Hbond substituents is 1. The first-order valence-corrected chi connectivity index (χ1v) is 6.98. The fourth-order valence-electron chi connectivity index (χ4n) is 2.55. The quantitative estimate of drug-likeness (QED) is 0.820. The van der Waals surface area contributed by atoms with Gasteiger partial charge in [0.05, 0.1) is 11.2 Å². The second kappa shape index (κ2) is 4.45. The van der Waals surface area contributed by atoms with Gasteiger partial charge in [0.2, 0.25) is 0 Å². The molecular weight excluding hydrogens is 270 g/mol. The van der Waals surface area contributed by atoms with Crippen molar-refractivity contribution in [3.05, 3.63) is 36.1 Å². The lowest BCUT2D eigenvalue weighted by Gasteiger charge is -2.32. The summed E-state index contributed by atoms with van der Waals surface area (Å²) in [5.74, 6) is -0.282. The normalized spacial score (nSPS) is 20.1. The highest BCUT2D eigenvalue weighted by atomic mass is 19.1. The predicted octanol–water partition coefficient (Wildman–Crippen LogP) is 2.98. The van der Waals surface area contributed by atoms with Gasteiger partial charge in [0, 0.05) is 5.39 Å². The van der Waals surface area contributed by atoms with Gasteiger partial charge in [-0.15, -0.1) is 0 Å². The van der Waals surface area contributed by atoms with Crippen LogP contribution in [-0.4, -0.2) is 23.4 Å². The molecule has 0 amide bonds. The van der Waals surface area contributed by atoms with Crippen LogP contribution in [-0.2, 0) is 9.31 Å². The van der Waals surface area contributed by atoms with E-state index in [2.05, 4.69) is 0 Å². The molecular formula is C16H18BFO3. The van der Waals surface area contributed by atoms with Crippen LogP contribution in [0.1, 0.15) is 27.7 Å². The van der Waals surface area contributed by atoms with E-state index in [1.54, 1.807) is 12.1 Å². The van der Waals surface area contributed by atoms with Crippen molar-refractivity contribution in [3.63, 3.8) is 0 Å².